The fourth-order valence-electron chi connectivity index (χ4n) is 7.51. The van der Waals surface area contributed by atoms with Crippen LogP contribution in [0.15, 0.2) is 0 Å². The molecule has 56 heavy (non-hydrogen) atoms. The molecule has 0 heterocycles. The average molecular weight is 817 g/mol. The van der Waals surface area contributed by atoms with Gasteiger partial charge in [0.05, 0.1) is 6.26 Å². The molecule has 0 aliphatic heterocycles. The first-order valence-electron chi connectivity index (χ1n) is 24.3. The molecule has 0 aliphatic carbocycles. The van der Waals surface area contributed by atoms with Gasteiger partial charge in [-0.05, 0) is 90.3 Å². The van der Waals surface area contributed by atoms with E-state index in [2.05, 4.69) is 25.7 Å². The molecule has 0 aromatic carbocycles. The van der Waals surface area contributed by atoms with Crippen LogP contribution in [0.5, 0.6) is 0 Å². The first-order chi connectivity index (χ1) is 27.1. The molecule has 0 aromatic heterocycles. The quantitative estimate of drug-likeness (QED) is 0.0371. The number of esters is 1. The number of aliphatic hydroxyl groups excluding tert-OH is 1. The largest absolute Gasteiger partial charge is 0.462 e. The first-order valence-corrected chi connectivity index (χ1v) is 26.1. The SMILES string of the molecule is CCCCCCCCCOC(O)CCCCCCCN(CCCCCCCC(=O)OC(CCCCCCCC)CCCCCCCC)CCCN(C)S(C)(=O)=O. The molecule has 0 bridgehead atoms. The Hall–Kier alpha value is -0.740. The maximum atomic E-state index is 12.8. The summed E-state index contributed by atoms with van der Waals surface area (Å²) < 4.78 is 36.9. The van der Waals surface area contributed by atoms with Crippen molar-refractivity contribution in [3.63, 3.8) is 0 Å². The minimum absolute atomic E-state index is 0.000479. The van der Waals surface area contributed by atoms with Crippen molar-refractivity contribution in [2.45, 2.75) is 251 Å². The molecule has 0 spiro atoms. The van der Waals surface area contributed by atoms with E-state index >= 15 is 0 Å². The van der Waals surface area contributed by atoms with Gasteiger partial charge in [-0.25, -0.2) is 12.7 Å². The fraction of sp³-hybridized carbons (Fsp3) is 0.979. The third-order valence-corrected chi connectivity index (χ3v) is 12.7. The number of nitrogens with zero attached hydrogens (tertiary/aromatic N) is 2. The molecule has 0 saturated carbocycles. The van der Waals surface area contributed by atoms with Crippen LogP contribution in [0.2, 0.25) is 0 Å². The summed E-state index contributed by atoms with van der Waals surface area (Å²) >= 11 is 0. The van der Waals surface area contributed by atoms with Gasteiger partial charge in [0.15, 0.2) is 6.29 Å². The number of rotatable bonds is 45. The second-order valence-corrected chi connectivity index (χ2v) is 19.1. The van der Waals surface area contributed by atoms with Crippen molar-refractivity contribution in [2.24, 2.45) is 0 Å². The van der Waals surface area contributed by atoms with Gasteiger partial charge >= 0.3 is 5.97 Å². The average Bonchev–Trinajstić information content (AvgIpc) is 3.16. The van der Waals surface area contributed by atoms with Crippen molar-refractivity contribution in [3.05, 3.63) is 0 Å². The number of unbranched alkanes of at least 4 members (excludes halogenated alkanes) is 24. The summed E-state index contributed by atoms with van der Waals surface area (Å²) in [6, 6.07) is 0. The van der Waals surface area contributed by atoms with Crippen molar-refractivity contribution in [2.75, 3.05) is 46.1 Å². The summed E-state index contributed by atoms with van der Waals surface area (Å²) in [6.45, 7) is 11.0. The normalized spacial score (nSPS) is 12.7. The van der Waals surface area contributed by atoms with Crippen LogP contribution in [0, 0.1) is 0 Å². The zero-order valence-corrected chi connectivity index (χ0v) is 38.8. The Labute approximate surface area is 349 Å². The number of hydrogen-bond acceptors (Lipinski definition) is 7. The number of aliphatic hydroxyl groups is 1. The van der Waals surface area contributed by atoms with Gasteiger partial charge < -0.3 is 19.5 Å². The Morgan fingerprint density at radius 1 is 0.518 bits per heavy atom. The van der Waals surface area contributed by atoms with Gasteiger partial charge in [0.25, 0.3) is 0 Å². The predicted molar refractivity (Wildman–Crippen MR) is 240 cm³/mol. The standard InChI is InChI=1S/C47H96N2O6S/c1-6-9-12-15-18-27-34-44-54-46(50)38-30-23-19-25-32-41-49(43-35-40-48(4)56(5,52)53)42-33-26-20-24-31-39-47(51)55-45(36-28-21-16-13-10-7-2)37-29-22-17-14-11-8-3/h45-46,50H,6-44H2,1-5H3. The van der Waals surface area contributed by atoms with Gasteiger partial charge in [0, 0.05) is 26.6 Å². The van der Waals surface area contributed by atoms with Crippen LogP contribution in [-0.2, 0) is 24.3 Å². The van der Waals surface area contributed by atoms with Crippen molar-refractivity contribution >= 4 is 16.0 Å². The van der Waals surface area contributed by atoms with E-state index < -0.39 is 16.3 Å². The monoisotopic (exact) mass is 817 g/mol. The van der Waals surface area contributed by atoms with Gasteiger partial charge in [-0.15, -0.1) is 0 Å². The lowest BCUT2D eigenvalue weighted by Crippen LogP contribution is -2.32. The van der Waals surface area contributed by atoms with Crippen LogP contribution in [0.3, 0.4) is 0 Å². The highest BCUT2D eigenvalue weighted by Crippen LogP contribution is 2.19. The fourth-order valence-corrected chi connectivity index (χ4v) is 7.97. The van der Waals surface area contributed by atoms with E-state index in [-0.39, 0.29) is 12.1 Å². The highest BCUT2D eigenvalue weighted by molar-refractivity contribution is 7.88. The second kappa shape index (κ2) is 41.0. The topological polar surface area (TPSA) is 96.4 Å². The molecule has 1 N–H and O–H groups in total. The van der Waals surface area contributed by atoms with Crippen LogP contribution in [0.25, 0.3) is 0 Å². The van der Waals surface area contributed by atoms with Gasteiger partial charge in [-0.1, -0.05) is 162 Å². The van der Waals surface area contributed by atoms with E-state index in [1.54, 1.807) is 7.05 Å². The first kappa shape index (κ1) is 55.3. The van der Waals surface area contributed by atoms with Gasteiger partial charge in [-0.2, -0.15) is 0 Å². The number of sulfonamides is 1. The van der Waals surface area contributed by atoms with Crippen molar-refractivity contribution in [1.29, 1.82) is 0 Å². The zero-order valence-electron chi connectivity index (χ0n) is 38.0. The Morgan fingerprint density at radius 3 is 1.39 bits per heavy atom. The van der Waals surface area contributed by atoms with Crippen molar-refractivity contribution < 1.29 is 27.8 Å². The molecule has 1 unspecified atom stereocenters. The molecule has 0 radical (unpaired) electrons. The molecule has 0 rings (SSSR count). The Morgan fingerprint density at radius 2 is 0.911 bits per heavy atom. The number of carbonyl (C=O) groups is 1. The summed E-state index contributed by atoms with van der Waals surface area (Å²) in [5.41, 5.74) is 0. The molecule has 1 atom stereocenters. The zero-order chi connectivity index (χ0) is 41.4. The predicted octanol–water partition coefficient (Wildman–Crippen LogP) is 12.7. The summed E-state index contributed by atoms with van der Waals surface area (Å²) in [5, 5.41) is 10.2. The minimum Gasteiger partial charge on any atom is -0.462 e. The molecule has 0 amide bonds. The van der Waals surface area contributed by atoms with Crippen LogP contribution in [-0.4, -0.2) is 87.2 Å². The lowest BCUT2D eigenvalue weighted by molar-refractivity contribution is -0.150. The van der Waals surface area contributed by atoms with E-state index in [0.717, 1.165) is 110 Å². The summed E-state index contributed by atoms with van der Waals surface area (Å²) in [5.74, 6) is 0.000479. The number of ether oxygens (including phenoxy) is 2. The van der Waals surface area contributed by atoms with Crippen LogP contribution in [0.1, 0.15) is 239 Å². The van der Waals surface area contributed by atoms with Gasteiger partial charge in [0.1, 0.15) is 6.10 Å². The maximum Gasteiger partial charge on any atom is 0.306 e. The van der Waals surface area contributed by atoms with E-state index in [1.807, 2.05) is 0 Å². The molecule has 8 nitrogen and oxygen atoms in total. The molecular formula is C47H96N2O6S. The smallest absolute Gasteiger partial charge is 0.306 e. The lowest BCUT2D eigenvalue weighted by Gasteiger charge is -2.23. The Balaban J connectivity index is 4.38. The molecule has 0 aromatic rings. The lowest BCUT2D eigenvalue weighted by atomic mass is 10.0. The minimum atomic E-state index is -3.15. The van der Waals surface area contributed by atoms with Crippen molar-refractivity contribution in [3.8, 4) is 0 Å². The third kappa shape index (κ3) is 38.8. The summed E-state index contributed by atoms with van der Waals surface area (Å²) in [4.78, 5) is 15.3. The maximum absolute atomic E-state index is 12.8. The molecule has 0 aliphatic rings. The summed E-state index contributed by atoms with van der Waals surface area (Å²) in [6.07, 6.45) is 39.9. The molecule has 336 valence electrons. The van der Waals surface area contributed by atoms with E-state index in [9.17, 15) is 18.3 Å². The second-order valence-electron chi connectivity index (χ2n) is 17.0. The Kier molecular flexibility index (Phi) is 40.5. The molecule has 0 fully saturated rings. The highest BCUT2D eigenvalue weighted by Gasteiger charge is 2.15. The molecule has 9 heteroatoms. The van der Waals surface area contributed by atoms with E-state index in [1.165, 1.54) is 133 Å². The number of hydrogen-bond donors (Lipinski definition) is 1. The van der Waals surface area contributed by atoms with Crippen LogP contribution in [0.4, 0.5) is 0 Å². The van der Waals surface area contributed by atoms with Crippen LogP contribution >= 0.6 is 0 Å². The highest BCUT2D eigenvalue weighted by atomic mass is 32.2. The third-order valence-electron chi connectivity index (χ3n) is 11.4. The van der Waals surface area contributed by atoms with E-state index in [4.69, 9.17) is 9.47 Å². The van der Waals surface area contributed by atoms with Crippen molar-refractivity contribution in [1.82, 2.24) is 9.21 Å². The van der Waals surface area contributed by atoms with Gasteiger partial charge in [-0.3, -0.25) is 4.79 Å². The Bertz CT molecular complexity index is 920. The van der Waals surface area contributed by atoms with E-state index in [0.29, 0.717) is 19.6 Å². The van der Waals surface area contributed by atoms with Crippen LogP contribution < -0.4 is 0 Å². The molecule has 0 saturated heterocycles. The summed E-state index contributed by atoms with van der Waals surface area (Å²) in [7, 11) is -1.49. The number of carbonyl (C=O) groups excluding carboxylic acids is 1. The molecular weight excluding hydrogens is 721 g/mol. The van der Waals surface area contributed by atoms with Gasteiger partial charge in [0.2, 0.25) is 10.0 Å².